The van der Waals surface area contributed by atoms with Crippen LogP contribution in [-0.2, 0) is 0 Å². The topological polar surface area (TPSA) is 40.2 Å². The zero-order valence-corrected chi connectivity index (χ0v) is 23.0. The number of ether oxygens (including phenoxy) is 4. The molecular formula is C30H34ClNO4S. The number of fused-ring (bicyclic) bond motifs is 1. The maximum atomic E-state index is 6.31. The molecule has 196 valence electrons. The van der Waals surface area contributed by atoms with Crippen LogP contribution in [0.15, 0.2) is 66.7 Å². The van der Waals surface area contributed by atoms with Gasteiger partial charge in [-0.15, -0.1) is 23.7 Å². The van der Waals surface area contributed by atoms with E-state index in [2.05, 4.69) is 41.3 Å². The fraction of sp³-hybridized carbons (Fsp3) is 0.333. The van der Waals surface area contributed by atoms with Gasteiger partial charge in [-0.2, -0.15) is 0 Å². The van der Waals surface area contributed by atoms with Gasteiger partial charge in [-0.25, -0.2) is 0 Å². The predicted molar refractivity (Wildman–Crippen MR) is 155 cm³/mol. The van der Waals surface area contributed by atoms with Gasteiger partial charge >= 0.3 is 0 Å². The van der Waals surface area contributed by atoms with Gasteiger partial charge in [0.25, 0.3) is 0 Å². The van der Waals surface area contributed by atoms with Crippen molar-refractivity contribution in [3.8, 4) is 39.2 Å². The molecule has 1 aliphatic heterocycles. The fourth-order valence-electron chi connectivity index (χ4n) is 4.64. The zero-order chi connectivity index (χ0) is 24.7. The minimum Gasteiger partial charge on any atom is -0.493 e. The molecule has 0 spiro atoms. The molecule has 0 radical (unpaired) electrons. The number of hydrogen-bond donors (Lipinski definition) is 0. The van der Waals surface area contributed by atoms with Gasteiger partial charge < -0.3 is 23.8 Å². The molecule has 0 N–H and O–H groups in total. The highest BCUT2D eigenvalue weighted by molar-refractivity contribution is 7.22. The van der Waals surface area contributed by atoms with Crippen LogP contribution >= 0.6 is 23.7 Å². The highest BCUT2D eigenvalue weighted by atomic mass is 35.5. The van der Waals surface area contributed by atoms with Crippen LogP contribution in [0.1, 0.15) is 25.7 Å². The molecule has 0 aliphatic carbocycles. The second kappa shape index (κ2) is 13.0. The Morgan fingerprint density at radius 1 is 0.784 bits per heavy atom. The lowest BCUT2D eigenvalue weighted by molar-refractivity contribution is 0.204. The second-order valence-corrected chi connectivity index (χ2v) is 10.1. The average Bonchev–Trinajstić information content (AvgIpc) is 3.37. The molecule has 4 aromatic rings. The molecule has 0 amide bonds. The van der Waals surface area contributed by atoms with Crippen molar-refractivity contribution < 1.29 is 18.9 Å². The Balaban J connectivity index is 0.00000320. The minimum absolute atomic E-state index is 0. The summed E-state index contributed by atoms with van der Waals surface area (Å²) in [6.07, 6.45) is 5.01. The van der Waals surface area contributed by atoms with Gasteiger partial charge in [0.1, 0.15) is 5.75 Å². The van der Waals surface area contributed by atoms with E-state index in [-0.39, 0.29) is 12.4 Å². The van der Waals surface area contributed by atoms with E-state index in [1.807, 2.05) is 30.3 Å². The van der Waals surface area contributed by atoms with E-state index in [1.165, 1.54) is 47.3 Å². The predicted octanol–water partition coefficient (Wildman–Crippen LogP) is 8.05. The number of rotatable bonds is 10. The van der Waals surface area contributed by atoms with Crippen molar-refractivity contribution in [2.45, 2.75) is 25.7 Å². The molecule has 37 heavy (non-hydrogen) atoms. The lowest BCUT2D eigenvalue weighted by Gasteiger charge is -2.26. The highest BCUT2D eigenvalue weighted by Gasteiger charge is 2.14. The standard InChI is InChI=1S/C30H33NO4S.ClH/c1-32-25-13-11-23(30-20-22-9-4-5-10-29(22)36-30)19-28(25)35-26-14-12-24(21-27(26)33-2)34-18-8-17-31-15-6-3-7-16-31;/h4-5,9-14,19-21H,3,6-8,15-18H2,1-2H3;1H. The Bertz CT molecular complexity index is 1270. The highest BCUT2D eigenvalue weighted by Crippen LogP contribution is 2.42. The van der Waals surface area contributed by atoms with Crippen LogP contribution < -0.4 is 18.9 Å². The summed E-state index contributed by atoms with van der Waals surface area (Å²) in [4.78, 5) is 3.72. The van der Waals surface area contributed by atoms with Gasteiger partial charge in [-0.05, 0) is 85.8 Å². The number of methoxy groups -OCH3 is 2. The molecule has 3 aromatic carbocycles. The fourth-order valence-corrected chi connectivity index (χ4v) is 5.69. The number of likely N-dealkylation sites (tertiary alicyclic amines) is 1. The third-order valence-electron chi connectivity index (χ3n) is 6.56. The molecule has 1 fully saturated rings. The van der Waals surface area contributed by atoms with Crippen LogP contribution in [0.4, 0.5) is 0 Å². The summed E-state index contributed by atoms with van der Waals surface area (Å²) in [6, 6.07) is 22.4. The van der Waals surface area contributed by atoms with E-state index >= 15 is 0 Å². The first kappa shape index (κ1) is 27.1. The maximum absolute atomic E-state index is 6.31. The Labute approximate surface area is 229 Å². The van der Waals surface area contributed by atoms with Gasteiger partial charge in [-0.1, -0.05) is 24.6 Å². The molecule has 5 nitrogen and oxygen atoms in total. The number of benzene rings is 3. The molecule has 0 atom stereocenters. The number of hydrogen-bond acceptors (Lipinski definition) is 6. The lowest BCUT2D eigenvalue weighted by Crippen LogP contribution is -2.31. The average molecular weight is 540 g/mol. The summed E-state index contributed by atoms with van der Waals surface area (Å²) >= 11 is 1.77. The lowest BCUT2D eigenvalue weighted by atomic mass is 10.1. The summed E-state index contributed by atoms with van der Waals surface area (Å²) in [5, 5.41) is 1.24. The number of piperidine rings is 1. The van der Waals surface area contributed by atoms with Crippen molar-refractivity contribution in [3.63, 3.8) is 0 Å². The third-order valence-corrected chi connectivity index (χ3v) is 7.73. The largest absolute Gasteiger partial charge is 0.493 e. The van der Waals surface area contributed by atoms with Gasteiger partial charge in [0.2, 0.25) is 0 Å². The van der Waals surface area contributed by atoms with Crippen LogP contribution in [0.3, 0.4) is 0 Å². The quantitative estimate of drug-likeness (QED) is 0.191. The summed E-state index contributed by atoms with van der Waals surface area (Å²) in [7, 11) is 3.30. The summed E-state index contributed by atoms with van der Waals surface area (Å²) in [5.74, 6) is 3.33. The van der Waals surface area contributed by atoms with Crippen molar-refractivity contribution in [2.24, 2.45) is 0 Å². The molecule has 7 heteroatoms. The smallest absolute Gasteiger partial charge is 0.170 e. The Morgan fingerprint density at radius 2 is 1.57 bits per heavy atom. The molecule has 2 heterocycles. The minimum atomic E-state index is 0. The van der Waals surface area contributed by atoms with E-state index in [0.29, 0.717) is 29.6 Å². The first-order chi connectivity index (χ1) is 17.7. The molecule has 1 saturated heterocycles. The van der Waals surface area contributed by atoms with E-state index in [4.69, 9.17) is 18.9 Å². The van der Waals surface area contributed by atoms with Crippen LogP contribution in [-0.4, -0.2) is 45.4 Å². The second-order valence-electron chi connectivity index (χ2n) is 9.03. The SMILES string of the molecule is COc1cc(OCCCN2CCCCC2)ccc1Oc1cc(-c2cc3ccccc3s2)ccc1OC.Cl. The van der Waals surface area contributed by atoms with Crippen LogP contribution in [0.2, 0.25) is 0 Å². The van der Waals surface area contributed by atoms with Gasteiger partial charge in [0.15, 0.2) is 23.0 Å². The van der Waals surface area contributed by atoms with Crippen LogP contribution in [0.25, 0.3) is 20.5 Å². The zero-order valence-electron chi connectivity index (χ0n) is 21.4. The molecule has 1 aromatic heterocycles. The van der Waals surface area contributed by atoms with E-state index in [1.54, 1.807) is 25.6 Å². The number of halogens is 1. The summed E-state index contributed by atoms with van der Waals surface area (Å²) in [6.45, 7) is 4.21. The van der Waals surface area contributed by atoms with Gasteiger partial charge in [0, 0.05) is 22.2 Å². The van der Waals surface area contributed by atoms with Gasteiger partial charge in [-0.3, -0.25) is 0 Å². The molecule has 1 aliphatic rings. The molecule has 0 bridgehead atoms. The van der Waals surface area contributed by atoms with Crippen LogP contribution in [0.5, 0.6) is 28.7 Å². The van der Waals surface area contributed by atoms with Crippen molar-refractivity contribution in [1.82, 2.24) is 4.90 Å². The molecule has 0 unspecified atom stereocenters. The molecular weight excluding hydrogens is 506 g/mol. The van der Waals surface area contributed by atoms with Crippen molar-refractivity contribution in [2.75, 3.05) is 40.5 Å². The third kappa shape index (κ3) is 6.69. The van der Waals surface area contributed by atoms with Crippen molar-refractivity contribution in [3.05, 3.63) is 66.7 Å². The Kier molecular flexibility index (Phi) is 9.56. The summed E-state index contributed by atoms with van der Waals surface area (Å²) < 4.78 is 24.8. The first-order valence-electron chi connectivity index (χ1n) is 12.6. The van der Waals surface area contributed by atoms with E-state index in [9.17, 15) is 0 Å². The van der Waals surface area contributed by atoms with Crippen LogP contribution in [0, 0.1) is 0 Å². The normalized spacial score (nSPS) is 13.7. The monoisotopic (exact) mass is 539 g/mol. The number of nitrogens with zero attached hydrogens (tertiary/aromatic N) is 1. The maximum Gasteiger partial charge on any atom is 0.170 e. The molecule has 5 rings (SSSR count). The number of thiophene rings is 1. The van der Waals surface area contributed by atoms with Gasteiger partial charge in [0.05, 0.1) is 20.8 Å². The van der Waals surface area contributed by atoms with E-state index < -0.39 is 0 Å². The molecule has 0 saturated carbocycles. The Morgan fingerprint density at radius 3 is 2.35 bits per heavy atom. The first-order valence-corrected chi connectivity index (χ1v) is 13.4. The van der Waals surface area contributed by atoms with E-state index in [0.717, 1.165) is 24.3 Å². The summed E-state index contributed by atoms with van der Waals surface area (Å²) in [5.41, 5.74) is 1.08. The van der Waals surface area contributed by atoms with Crippen molar-refractivity contribution >= 4 is 33.8 Å². The Hall–Kier alpha value is -2.93. The van der Waals surface area contributed by atoms with Crippen molar-refractivity contribution in [1.29, 1.82) is 0 Å².